The Labute approximate surface area is 163 Å². The smallest absolute Gasteiger partial charge is 0.261 e. The van der Waals surface area contributed by atoms with E-state index < -0.39 is 9.84 Å². The number of rotatable bonds is 8. The number of amides is 3. The number of sulfone groups is 1. The first-order valence-electron chi connectivity index (χ1n) is 9.19. The van der Waals surface area contributed by atoms with E-state index in [2.05, 4.69) is 5.32 Å². The Morgan fingerprint density at radius 2 is 1.64 bits per heavy atom. The van der Waals surface area contributed by atoms with Gasteiger partial charge in [0.1, 0.15) is 0 Å². The highest BCUT2D eigenvalue weighted by Gasteiger charge is 2.32. The third-order valence-corrected chi connectivity index (χ3v) is 6.52. The van der Waals surface area contributed by atoms with Crippen LogP contribution in [0, 0.1) is 0 Å². The van der Waals surface area contributed by atoms with Crippen molar-refractivity contribution in [1.29, 1.82) is 0 Å². The lowest BCUT2D eigenvalue weighted by atomic mass is 9.94. The lowest BCUT2D eigenvalue weighted by molar-refractivity contribution is -0.121. The average Bonchev–Trinajstić information content (AvgIpc) is 2.68. The second kappa shape index (κ2) is 8.10. The molecule has 8 heteroatoms. The second-order valence-corrected chi connectivity index (χ2v) is 9.13. The second-order valence-electron chi connectivity index (χ2n) is 6.66. The monoisotopic (exact) mass is 402 g/mol. The van der Waals surface area contributed by atoms with Gasteiger partial charge < -0.3 is 5.32 Å². The topological polar surface area (TPSA) is 101 Å². The summed E-state index contributed by atoms with van der Waals surface area (Å²) in [5, 5.41) is 4.08. The molecule has 1 N–H and O–H groups in total. The molecule has 0 fully saturated rings. The molecule has 3 amide bonds. The summed E-state index contributed by atoms with van der Waals surface area (Å²) in [6.45, 7) is 1.75. The Morgan fingerprint density at radius 1 is 1.04 bits per heavy atom. The van der Waals surface area contributed by atoms with E-state index in [-0.39, 0.29) is 48.7 Å². The van der Waals surface area contributed by atoms with Crippen molar-refractivity contribution in [3.63, 3.8) is 0 Å². The predicted octanol–water partition coefficient (Wildman–Crippen LogP) is 1.77. The number of benzene rings is 2. The first-order chi connectivity index (χ1) is 13.3. The lowest BCUT2D eigenvalue weighted by Crippen LogP contribution is -2.41. The van der Waals surface area contributed by atoms with Crippen LogP contribution in [0.2, 0.25) is 0 Å². The van der Waals surface area contributed by atoms with Gasteiger partial charge in [-0.3, -0.25) is 19.3 Å². The summed E-state index contributed by atoms with van der Waals surface area (Å²) in [4.78, 5) is 38.5. The van der Waals surface area contributed by atoms with Gasteiger partial charge in [0.25, 0.3) is 11.8 Å². The summed E-state index contributed by atoms with van der Waals surface area (Å²) >= 11 is 0. The van der Waals surface area contributed by atoms with Crippen molar-refractivity contribution in [1.82, 2.24) is 10.2 Å². The number of carbonyl (C=O) groups is 3. The Morgan fingerprint density at radius 3 is 2.21 bits per heavy atom. The van der Waals surface area contributed by atoms with Gasteiger partial charge in [-0.25, -0.2) is 8.42 Å². The zero-order valence-corrected chi connectivity index (χ0v) is 16.4. The molecular formula is C20H22N2O5S. The summed E-state index contributed by atoms with van der Waals surface area (Å²) in [6.07, 6.45) is 0.414. The summed E-state index contributed by atoms with van der Waals surface area (Å²) in [6, 6.07) is 10.7. The van der Waals surface area contributed by atoms with E-state index in [9.17, 15) is 22.8 Å². The van der Waals surface area contributed by atoms with Gasteiger partial charge in [0, 0.05) is 41.8 Å². The molecular weight excluding hydrogens is 380 g/mol. The van der Waals surface area contributed by atoms with E-state index in [4.69, 9.17) is 0 Å². The van der Waals surface area contributed by atoms with Crippen LogP contribution >= 0.6 is 0 Å². The van der Waals surface area contributed by atoms with Gasteiger partial charge in [-0.1, -0.05) is 31.2 Å². The van der Waals surface area contributed by atoms with Gasteiger partial charge in [-0.05, 0) is 23.9 Å². The average molecular weight is 402 g/mol. The van der Waals surface area contributed by atoms with Gasteiger partial charge in [0.05, 0.1) is 5.75 Å². The molecule has 0 bridgehead atoms. The molecule has 0 saturated carbocycles. The van der Waals surface area contributed by atoms with E-state index in [0.29, 0.717) is 22.9 Å². The van der Waals surface area contributed by atoms with Crippen LogP contribution < -0.4 is 5.32 Å². The van der Waals surface area contributed by atoms with Crippen LogP contribution in [0.1, 0.15) is 40.5 Å². The van der Waals surface area contributed by atoms with Gasteiger partial charge in [0.2, 0.25) is 5.91 Å². The Kier molecular flexibility index (Phi) is 5.79. The minimum absolute atomic E-state index is 0.0380. The zero-order valence-electron chi connectivity index (χ0n) is 15.6. The Hall–Kier alpha value is -2.74. The van der Waals surface area contributed by atoms with Crippen LogP contribution in [0.25, 0.3) is 10.8 Å². The molecule has 0 saturated heterocycles. The molecule has 28 heavy (non-hydrogen) atoms. The highest BCUT2D eigenvalue weighted by Crippen LogP contribution is 2.29. The molecule has 3 rings (SSSR count). The molecule has 2 aromatic carbocycles. The summed E-state index contributed by atoms with van der Waals surface area (Å²) in [7, 11) is -3.13. The van der Waals surface area contributed by atoms with Gasteiger partial charge in [-0.2, -0.15) is 0 Å². The number of hydrogen-bond donors (Lipinski definition) is 1. The maximum absolute atomic E-state index is 12.7. The Bertz CT molecular complexity index is 995. The molecule has 0 aliphatic carbocycles. The number of carbonyl (C=O) groups excluding carboxylic acids is 3. The molecule has 1 aliphatic heterocycles. The molecule has 0 radical (unpaired) electrons. The number of imide groups is 1. The molecule has 2 aromatic rings. The van der Waals surface area contributed by atoms with Gasteiger partial charge in [-0.15, -0.1) is 0 Å². The molecule has 1 heterocycles. The fourth-order valence-electron chi connectivity index (χ4n) is 3.26. The third-order valence-electron chi connectivity index (χ3n) is 4.82. The zero-order chi connectivity index (χ0) is 20.3. The summed E-state index contributed by atoms with van der Waals surface area (Å²) in [5.74, 6) is -1.08. The lowest BCUT2D eigenvalue weighted by Gasteiger charge is -2.27. The van der Waals surface area contributed by atoms with Crippen molar-refractivity contribution in [3.8, 4) is 0 Å². The van der Waals surface area contributed by atoms with E-state index in [0.717, 1.165) is 5.39 Å². The van der Waals surface area contributed by atoms with Gasteiger partial charge >= 0.3 is 0 Å². The summed E-state index contributed by atoms with van der Waals surface area (Å²) < 4.78 is 22.8. The van der Waals surface area contributed by atoms with Crippen molar-refractivity contribution in [2.75, 3.05) is 24.6 Å². The van der Waals surface area contributed by atoms with Crippen molar-refractivity contribution in [2.24, 2.45) is 0 Å². The fourth-order valence-corrected chi connectivity index (χ4v) is 3.96. The number of hydrogen-bond acceptors (Lipinski definition) is 5. The van der Waals surface area contributed by atoms with Crippen LogP contribution in [0.5, 0.6) is 0 Å². The van der Waals surface area contributed by atoms with E-state index in [1.54, 1.807) is 31.2 Å². The van der Waals surface area contributed by atoms with E-state index in [1.165, 1.54) is 4.90 Å². The quantitative estimate of drug-likeness (QED) is 0.678. The van der Waals surface area contributed by atoms with E-state index in [1.807, 2.05) is 12.1 Å². The number of nitrogens with zero attached hydrogens (tertiary/aromatic N) is 1. The molecule has 0 spiro atoms. The highest BCUT2D eigenvalue weighted by atomic mass is 32.2. The highest BCUT2D eigenvalue weighted by molar-refractivity contribution is 7.91. The molecule has 1 aliphatic rings. The van der Waals surface area contributed by atoms with Crippen molar-refractivity contribution >= 4 is 38.3 Å². The Balaban J connectivity index is 1.59. The molecule has 7 nitrogen and oxygen atoms in total. The summed E-state index contributed by atoms with van der Waals surface area (Å²) in [5.41, 5.74) is 0.976. The van der Waals surface area contributed by atoms with Crippen LogP contribution in [0.3, 0.4) is 0 Å². The van der Waals surface area contributed by atoms with Crippen molar-refractivity contribution < 1.29 is 22.8 Å². The number of nitrogens with one attached hydrogen (secondary N) is 1. The maximum Gasteiger partial charge on any atom is 0.261 e. The normalized spacial score (nSPS) is 13.8. The molecule has 0 unspecified atom stereocenters. The minimum atomic E-state index is -3.13. The SMILES string of the molecule is CCS(=O)(=O)CCNC(=O)CCCN1C(=O)c2cccc3cccc(c23)C1=O. The third kappa shape index (κ3) is 4.06. The predicted molar refractivity (Wildman–Crippen MR) is 106 cm³/mol. The van der Waals surface area contributed by atoms with Crippen LogP contribution in [0.15, 0.2) is 36.4 Å². The standard InChI is InChI=1S/C20H22N2O5S/c1-2-28(26,27)13-11-21-17(23)10-5-12-22-19(24)15-8-3-6-14-7-4-9-16(18(14)15)20(22)25/h3-4,6-9H,2,5,10-13H2,1H3,(H,21,23). The molecule has 0 atom stereocenters. The largest absolute Gasteiger partial charge is 0.355 e. The minimum Gasteiger partial charge on any atom is -0.355 e. The van der Waals surface area contributed by atoms with Crippen LogP contribution in [-0.2, 0) is 14.6 Å². The van der Waals surface area contributed by atoms with Crippen LogP contribution in [-0.4, -0.2) is 55.6 Å². The molecule has 148 valence electrons. The molecule has 0 aromatic heterocycles. The van der Waals surface area contributed by atoms with E-state index >= 15 is 0 Å². The first kappa shape index (κ1) is 20.0. The fraction of sp³-hybridized carbons (Fsp3) is 0.350. The first-order valence-corrected chi connectivity index (χ1v) is 11.0. The van der Waals surface area contributed by atoms with Crippen molar-refractivity contribution in [2.45, 2.75) is 19.8 Å². The van der Waals surface area contributed by atoms with Crippen molar-refractivity contribution in [3.05, 3.63) is 47.5 Å². The maximum atomic E-state index is 12.7. The van der Waals surface area contributed by atoms with Gasteiger partial charge in [0.15, 0.2) is 9.84 Å². The van der Waals surface area contributed by atoms with Crippen LogP contribution in [0.4, 0.5) is 0 Å².